The van der Waals surface area contributed by atoms with E-state index in [0.717, 1.165) is 23.7 Å². The van der Waals surface area contributed by atoms with Crippen molar-refractivity contribution in [3.05, 3.63) is 27.8 Å². The van der Waals surface area contributed by atoms with Crippen LogP contribution in [0.4, 0.5) is 0 Å². The fourth-order valence-electron chi connectivity index (χ4n) is 3.70. The Morgan fingerprint density at radius 2 is 1.35 bits per heavy atom. The van der Waals surface area contributed by atoms with Crippen LogP contribution in [0.5, 0.6) is 0 Å². The topological polar surface area (TPSA) is 0 Å². The second-order valence-corrected chi connectivity index (χ2v) is 6.00. The molecule has 2 rings (SSSR count). The van der Waals surface area contributed by atoms with E-state index in [9.17, 15) is 0 Å². The average Bonchev–Trinajstić information content (AvgIpc) is 2.48. The summed E-state index contributed by atoms with van der Waals surface area (Å²) in [4.78, 5) is 0. The third-order valence-corrected chi connectivity index (χ3v) is 5.54. The van der Waals surface area contributed by atoms with E-state index in [1.807, 2.05) is 0 Å². The predicted octanol–water partition coefficient (Wildman–Crippen LogP) is 4.82. The molecule has 0 spiro atoms. The van der Waals surface area contributed by atoms with Crippen LogP contribution in [0.1, 0.15) is 67.3 Å². The normalized spacial score (nSPS) is 31.9. The minimum atomic E-state index is 0. The Labute approximate surface area is 121 Å². The van der Waals surface area contributed by atoms with Crippen molar-refractivity contribution in [1.82, 2.24) is 0 Å². The summed E-state index contributed by atoms with van der Waals surface area (Å²) in [5.74, 6) is 3.08. The molecular formula is C16H25Ti+. The fourth-order valence-corrected chi connectivity index (χ4v) is 3.70. The van der Waals surface area contributed by atoms with Gasteiger partial charge in [0.2, 0.25) is 0 Å². The summed E-state index contributed by atoms with van der Waals surface area (Å²) in [6.07, 6.45) is 0. The van der Waals surface area contributed by atoms with Gasteiger partial charge in [0.05, 0.1) is 0 Å². The molecule has 1 aliphatic carbocycles. The molecule has 1 aromatic rings. The Bertz CT molecular complexity index is 376. The van der Waals surface area contributed by atoms with Crippen molar-refractivity contribution in [3.63, 3.8) is 0 Å². The zero-order chi connectivity index (χ0) is 12.2. The fraction of sp³-hybridized carbons (Fsp3) is 0.688. The van der Waals surface area contributed by atoms with E-state index in [0.29, 0.717) is 0 Å². The van der Waals surface area contributed by atoms with E-state index in [-0.39, 0.29) is 21.7 Å². The van der Waals surface area contributed by atoms with E-state index >= 15 is 0 Å². The Morgan fingerprint density at radius 3 is 1.88 bits per heavy atom. The molecule has 4 unspecified atom stereocenters. The monoisotopic (exact) mass is 265 g/mol. The SMILES string of the molecule is Cc1c2c([c-](C)c1C)C(C)C(C)C(C)C2C.[Ti+2]. The molecule has 1 aromatic carbocycles. The summed E-state index contributed by atoms with van der Waals surface area (Å²) in [7, 11) is 0. The molecule has 0 bridgehead atoms. The number of hydrogen-bond donors (Lipinski definition) is 0. The van der Waals surface area contributed by atoms with Gasteiger partial charge in [0.15, 0.2) is 0 Å². The summed E-state index contributed by atoms with van der Waals surface area (Å²) in [6.45, 7) is 16.6. The van der Waals surface area contributed by atoms with Crippen molar-refractivity contribution in [1.29, 1.82) is 0 Å². The molecule has 0 fully saturated rings. The first-order valence-electron chi connectivity index (χ1n) is 6.64. The first-order chi connectivity index (χ1) is 7.37. The number of hydrogen-bond acceptors (Lipinski definition) is 0. The van der Waals surface area contributed by atoms with Crippen LogP contribution in [0.25, 0.3) is 0 Å². The maximum atomic E-state index is 2.42. The van der Waals surface area contributed by atoms with E-state index in [1.54, 1.807) is 22.3 Å². The number of rotatable bonds is 0. The molecule has 0 N–H and O–H groups in total. The maximum Gasteiger partial charge on any atom is 2.00 e. The van der Waals surface area contributed by atoms with Crippen LogP contribution in [-0.4, -0.2) is 0 Å². The third-order valence-electron chi connectivity index (χ3n) is 5.54. The van der Waals surface area contributed by atoms with Crippen LogP contribution in [0, 0.1) is 32.6 Å². The molecule has 0 heterocycles. The van der Waals surface area contributed by atoms with Crippen molar-refractivity contribution < 1.29 is 21.7 Å². The first kappa shape index (κ1) is 15.1. The van der Waals surface area contributed by atoms with Gasteiger partial charge < -0.3 is 0 Å². The Hall–Kier alpha value is 0.0643. The molecular weight excluding hydrogens is 240 g/mol. The zero-order valence-electron chi connectivity index (χ0n) is 12.3. The second-order valence-electron chi connectivity index (χ2n) is 6.00. The predicted molar refractivity (Wildman–Crippen MR) is 71.4 cm³/mol. The quantitative estimate of drug-likeness (QED) is 0.466. The Kier molecular flexibility index (Phi) is 4.43. The van der Waals surface area contributed by atoms with Gasteiger partial charge in [-0.1, -0.05) is 54.4 Å². The summed E-state index contributed by atoms with van der Waals surface area (Å²) in [5, 5.41) is 0. The Morgan fingerprint density at radius 1 is 0.882 bits per heavy atom. The summed E-state index contributed by atoms with van der Waals surface area (Å²) >= 11 is 0. The van der Waals surface area contributed by atoms with Crippen molar-refractivity contribution >= 4 is 0 Å². The average molecular weight is 265 g/mol. The van der Waals surface area contributed by atoms with Gasteiger partial charge >= 0.3 is 21.7 Å². The van der Waals surface area contributed by atoms with Crippen LogP contribution < -0.4 is 0 Å². The van der Waals surface area contributed by atoms with Crippen molar-refractivity contribution in [2.45, 2.75) is 60.3 Å². The molecule has 0 saturated carbocycles. The van der Waals surface area contributed by atoms with Crippen LogP contribution in [-0.2, 0) is 21.7 Å². The minimum Gasteiger partial charge on any atom is -0.195 e. The molecule has 0 aromatic heterocycles. The molecule has 0 amide bonds. The smallest absolute Gasteiger partial charge is 0.195 e. The van der Waals surface area contributed by atoms with Gasteiger partial charge in [-0.2, -0.15) is 27.8 Å². The molecule has 17 heavy (non-hydrogen) atoms. The molecule has 92 valence electrons. The molecule has 1 heteroatoms. The van der Waals surface area contributed by atoms with E-state index < -0.39 is 0 Å². The van der Waals surface area contributed by atoms with E-state index in [2.05, 4.69) is 48.5 Å². The second kappa shape index (κ2) is 4.98. The van der Waals surface area contributed by atoms with Gasteiger partial charge in [-0.05, 0) is 17.8 Å². The maximum absolute atomic E-state index is 2.42. The summed E-state index contributed by atoms with van der Waals surface area (Å²) in [6, 6.07) is 0. The molecule has 0 nitrogen and oxygen atoms in total. The summed E-state index contributed by atoms with van der Waals surface area (Å²) in [5.41, 5.74) is 8.00. The van der Waals surface area contributed by atoms with Crippen LogP contribution in [0.15, 0.2) is 0 Å². The standard InChI is InChI=1S/C16H25.Ti/c1-8-9(2)12(5)16-14(7)10(3)13(6)15(16)11(8)4;/h8-9,11-12H,1-7H3;/q-1;+2. The third kappa shape index (κ3) is 1.98. The van der Waals surface area contributed by atoms with Gasteiger partial charge in [-0.3, -0.25) is 0 Å². The van der Waals surface area contributed by atoms with E-state index in [1.165, 1.54) is 5.56 Å². The van der Waals surface area contributed by atoms with Gasteiger partial charge in [-0.25, -0.2) is 0 Å². The first-order valence-corrected chi connectivity index (χ1v) is 6.64. The van der Waals surface area contributed by atoms with Crippen molar-refractivity contribution in [2.24, 2.45) is 11.8 Å². The Balaban J connectivity index is 0.00000144. The van der Waals surface area contributed by atoms with Crippen LogP contribution in [0.3, 0.4) is 0 Å². The van der Waals surface area contributed by atoms with Gasteiger partial charge in [0.1, 0.15) is 0 Å². The van der Waals surface area contributed by atoms with Crippen LogP contribution >= 0.6 is 0 Å². The molecule has 0 saturated heterocycles. The molecule has 0 aliphatic heterocycles. The summed E-state index contributed by atoms with van der Waals surface area (Å²) < 4.78 is 0. The van der Waals surface area contributed by atoms with Crippen molar-refractivity contribution in [2.75, 3.05) is 0 Å². The van der Waals surface area contributed by atoms with Gasteiger partial charge in [-0.15, -0.1) is 0 Å². The molecule has 4 atom stereocenters. The minimum absolute atomic E-state index is 0. The van der Waals surface area contributed by atoms with Gasteiger partial charge in [0, 0.05) is 0 Å². The van der Waals surface area contributed by atoms with Crippen molar-refractivity contribution in [3.8, 4) is 0 Å². The molecule has 0 radical (unpaired) electrons. The largest absolute Gasteiger partial charge is 2.00 e. The zero-order valence-corrected chi connectivity index (χ0v) is 13.9. The number of fused-ring (bicyclic) bond motifs is 1. The molecule has 1 aliphatic rings. The van der Waals surface area contributed by atoms with Gasteiger partial charge in [0.25, 0.3) is 0 Å². The van der Waals surface area contributed by atoms with Crippen LogP contribution in [0.2, 0.25) is 0 Å². The van der Waals surface area contributed by atoms with E-state index in [4.69, 9.17) is 0 Å².